The fourth-order valence-corrected chi connectivity index (χ4v) is 3.12. The van der Waals surface area contributed by atoms with Crippen LogP contribution in [0.1, 0.15) is 11.1 Å². The van der Waals surface area contributed by atoms with Crippen LogP contribution in [-0.4, -0.2) is 16.2 Å². The van der Waals surface area contributed by atoms with Crippen molar-refractivity contribution >= 4 is 11.0 Å². The number of benzene rings is 3. The van der Waals surface area contributed by atoms with Crippen molar-refractivity contribution in [3.63, 3.8) is 0 Å². The fourth-order valence-electron chi connectivity index (χ4n) is 3.12. The van der Waals surface area contributed by atoms with Crippen LogP contribution in [0.15, 0.2) is 85.2 Å². The third-order valence-corrected chi connectivity index (χ3v) is 4.59. The highest BCUT2D eigenvalue weighted by Crippen LogP contribution is 2.16. The Bertz CT molecular complexity index is 958. The zero-order valence-corrected chi connectivity index (χ0v) is 14.7. The largest absolute Gasteiger partial charge is 0.493 e. The lowest BCUT2D eigenvalue weighted by molar-refractivity contribution is 0.322. The minimum Gasteiger partial charge on any atom is -0.493 e. The van der Waals surface area contributed by atoms with Crippen LogP contribution >= 0.6 is 0 Å². The minimum atomic E-state index is 0.699. The fraction of sp³-hybridized carbons (Fsp3) is 0.174. The van der Waals surface area contributed by atoms with Gasteiger partial charge in [-0.1, -0.05) is 54.6 Å². The number of ether oxygens (including phenoxy) is 1. The van der Waals surface area contributed by atoms with Crippen molar-refractivity contribution in [1.29, 1.82) is 0 Å². The van der Waals surface area contributed by atoms with E-state index in [1.54, 1.807) is 0 Å². The molecule has 3 aromatic carbocycles. The standard InChI is InChI=1S/C23H22N2O/c1-2-6-19(7-3-1)15-17-26-21-12-10-20(11-13-21)14-16-25-18-24-22-8-4-5-9-23(22)25/h1-13,18H,14-17H2. The Labute approximate surface area is 153 Å². The van der Waals surface area contributed by atoms with Crippen molar-refractivity contribution < 1.29 is 4.74 Å². The van der Waals surface area contributed by atoms with E-state index in [4.69, 9.17) is 4.74 Å². The normalized spacial score (nSPS) is 10.9. The summed E-state index contributed by atoms with van der Waals surface area (Å²) in [6.45, 7) is 1.62. The molecular formula is C23H22N2O. The first-order chi connectivity index (χ1) is 12.9. The third-order valence-electron chi connectivity index (χ3n) is 4.59. The predicted octanol–water partition coefficient (Wildman–Crippen LogP) is 4.90. The van der Waals surface area contributed by atoms with Crippen LogP contribution in [0.5, 0.6) is 5.75 Å². The maximum absolute atomic E-state index is 5.86. The van der Waals surface area contributed by atoms with E-state index in [0.717, 1.165) is 30.7 Å². The number of para-hydroxylation sites is 2. The van der Waals surface area contributed by atoms with Gasteiger partial charge in [0.1, 0.15) is 5.75 Å². The first-order valence-electron chi connectivity index (χ1n) is 9.04. The van der Waals surface area contributed by atoms with Gasteiger partial charge >= 0.3 is 0 Å². The zero-order valence-electron chi connectivity index (χ0n) is 14.7. The minimum absolute atomic E-state index is 0.699. The summed E-state index contributed by atoms with van der Waals surface area (Å²) in [6.07, 6.45) is 3.83. The van der Waals surface area contributed by atoms with Crippen LogP contribution in [0, 0.1) is 0 Å². The van der Waals surface area contributed by atoms with Gasteiger partial charge in [-0.25, -0.2) is 4.98 Å². The van der Waals surface area contributed by atoms with Gasteiger partial charge in [-0.3, -0.25) is 0 Å². The molecule has 0 aliphatic rings. The van der Waals surface area contributed by atoms with Crippen molar-refractivity contribution in [3.8, 4) is 5.75 Å². The number of imidazole rings is 1. The van der Waals surface area contributed by atoms with Gasteiger partial charge in [-0.15, -0.1) is 0 Å². The number of rotatable bonds is 7. The van der Waals surface area contributed by atoms with Gasteiger partial charge in [-0.05, 0) is 41.8 Å². The maximum Gasteiger partial charge on any atom is 0.119 e. The molecule has 1 heterocycles. The van der Waals surface area contributed by atoms with Crippen LogP contribution in [0.4, 0.5) is 0 Å². The molecule has 0 saturated heterocycles. The quantitative estimate of drug-likeness (QED) is 0.478. The highest BCUT2D eigenvalue weighted by Gasteiger charge is 2.02. The van der Waals surface area contributed by atoms with E-state index in [2.05, 4.69) is 70.2 Å². The van der Waals surface area contributed by atoms with Gasteiger partial charge in [0.25, 0.3) is 0 Å². The Morgan fingerprint density at radius 3 is 2.31 bits per heavy atom. The lowest BCUT2D eigenvalue weighted by Crippen LogP contribution is -2.02. The van der Waals surface area contributed by atoms with E-state index in [1.165, 1.54) is 16.6 Å². The SMILES string of the molecule is c1ccc(CCOc2ccc(CCn3cnc4ccccc43)cc2)cc1. The molecule has 0 bridgehead atoms. The molecule has 130 valence electrons. The summed E-state index contributed by atoms with van der Waals surface area (Å²) < 4.78 is 8.07. The van der Waals surface area contributed by atoms with Crippen LogP contribution in [0.3, 0.4) is 0 Å². The summed E-state index contributed by atoms with van der Waals surface area (Å²) >= 11 is 0. The summed E-state index contributed by atoms with van der Waals surface area (Å²) in [7, 11) is 0. The molecule has 0 unspecified atom stereocenters. The molecule has 4 rings (SSSR count). The van der Waals surface area contributed by atoms with Gasteiger partial charge in [0.2, 0.25) is 0 Å². The Balaban J connectivity index is 1.30. The zero-order chi connectivity index (χ0) is 17.6. The Morgan fingerprint density at radius 1 is 0.731 bits per heavy atom. The third kappa shape index (κ3) is 3.94. The van der Waals surface area contributed by atoms with E-state index in [0.29, 0.717) is 6.61 Å². The van der Waals surface area contributed by atoms with Crippen LogP contribution < -0.4 is 4.74 Å². The van der Waals surface area contributed by atoms with Crippen molar-refractivity contribution in [2.75, 3.05) is 6.61 Å². The molecule has 4 aromatic rings. The van der Waals surface area contributed by atoms with Crippen molar-refractivity contribution in [3.05, 3.63) is 96.3 Å². The lowest BCUT2D eigenvalue weighted by atomic mass is 10.1. The average Bonchev–Trinajstić information content (AvgIpc) is 3.11. The van der Waals surface area contributed by atoms with Gasteiger partial charge in [0.15, 0.2) is 0 Å². The monoisotopic (exact) mass is 342 g/mol. The van der Waals surface area contributed by atoms with Crippen LogP contribution in [-0.2, 0) is 19.4 Å². The van der Waals surface area contributed by atoms with Gasteiger partial charge < -0.3 is 9.30 Å². The van der Waals surface area contributed by atoms with Gasteiger partial charge in [0.05, 0.1) is 24.0 Å². The summed E-state index contributed by atoms with van der Waals surface area (Å²) in [4.78, 5) is 4.45. The Hall–Kier alpha value is -3.07. The van der Waals surface area contributed by atoms with E-state index >= 15 is 0 Å². The highest BCUT2D eigenvalue weighted by molar-refractivity contribution is 5.74. The van der Waals surface area contributed by atoms with E-state index < -0.39 is 0 Å². The second-order valence-electron chi connectivity index (χ2n) is 6.40. The molecule has 0 fully saturated rings. The second-order valence-corrected chi connectivity index (χ2v) is 6.40. The lowest BCUT2D eigenvalue weighted by Gasteiger charge is -2.08. The number of fused-ring (bicyclic) bond motifs is 1. The molecule has 0 radical (unpaired) electrons. The average molecular weight is 342 g/mol. The van der Waals surface area contributed by atoms with Crippen molar-refractivity contribution in [1.82, 2.24) is 9.55 Å². The Morgan fingerprint density at radius 2 is 1.46 bits per heavy atom. The number of hydrogen-bond donors (Lipinski definition) is 0. The number of nitrogens with zero attached hydrogens (tertiary/aromatic N) is 2. The number of aryl methyl sites for hydroxylation is 2. The highest BCUT2D eigenvalue weighted by atomic mass is 16.5. The predicted molar refractivity (Wildman–Crippen MR) is 106 cm³/mol. The molecule has 0 aliphatic carbocycles. The number of hydrogen-bond acceptors (Lipinski definition) is 2. The first kappa shape index (κ1) is 16.4. The van der Waals surface area contributed by atoms with E-state index in [-0.39, 0.29) is 0 Å². The van der Waals surface area contributed by atoms with Gasteiger partial charge in [-0.2, -0.15) is 0 Å². The van der Waals surface area contributed by atoms with E-state index in [9.17, 15) is 0 Å². The molecule has 3 heteroatoms. The molecule has 1 aromatic heterocycles. The molecular weight excluding hydrogens is 320 g/mol. The summed E-state index contributed by atoms with van der Waals surface area (Å²) in [5.41, 5.74) is 4.85. The summed E-state index contributed by atoms with van der Waals surface area (Å²) in [5, 5.41) is 0. The molecule has 0 aliphatic heterocycles. The molecule has 3 nitrogen and oxygen atoms in total. The summed E-state index contributed by atoms with van der Waals surface area (Å²) in [5.74, 6) is 0.928. The maximum atomic E-state index is 5.86. The second kappa shape index (κ2) is 7.87. The first-order valence-corrected chi connectivity index (χ1v) is 9.04. The van der Waals surface area contributed by atoms with Crippen molar-refractivity contribution in [2.24, 2.45) is 0 Å². The topological polar surface area (TPSA) is 27.1 Å². The molecule has 0 N–H and O–H groups in total. The van der Waals surface area contributed by atoms with Crippen LogP contribution in [0.2, 0.25) is 0 Å². The Kier molecular flexibility index (Phi) is 4.97. The van der Waals surface area contributed by atoms with Crippen LogP contribution in [0.25, 0.3) is 11.0 Å². The van der Waals surface area contributed by atoms with Crippen molar-refractivity contribution in [2.45, 2.75) is 19.4 Å². The van der Waals surface area contributed by atoms with Gasteiger partial charge in [0, 0.05) is 13.0 Å². The number of aromatic nitrogens is 2. The molecule has 0 amide bonds. The molecule has 0 saturated carbocycles. The summed E-state index contributed by atoms with van der Waals surface area (Å²) in [6, 6.07) is 27.1. The molecule has 0 atom stereocenters. The van der Waals surface area contributed by atoms with E-state index in [1.807, 2.05) is 24.5 Å². The molecule has 26 heavy (non-hydrogen) atoms. The molecule has 0 spiro atoms. The smallest absolute Gasteiger partial charge is 0.119 e.